The molecule has 0 fully saturated rings. The van der Waals surface area contributed by atoms with Crippen LogP contribution < -0.4 is 26.2 Å². The van der Waals surface area contributed by atoms with Gasteiger partial charge in [-0.1, -0.05) is 81.6 Å². The molecular formula is C43H60Cl2N8O10S. The Morgan fingerprint density at radius 2 is 1.36 bits per heavy atom. The standard InChI is InChI=1S/C43H60Cl2N8O10S/c1-27(2)37(48-33(54)12-10-9-11-22-53-41(58)36(44)39(45)64(53,61)62)40(57)46-24-34(55)47-31-17-13-30(14-18-31)26-63-43(60)52(8)32-19-15-29(16-20-32)21-23-51(7)25-35(56)49-38(28(3)4)42(59)50(5)6/h13-20,27-28,37-38H,9-12,21-26H2,1-8H3,(H,46,57)(H,47,55)(H,48,54)(H,49,56). The second-order valence-corrected chi connectivity index (χ2v) is 19.1. The van der Waals surface area contributed by atoms with Gasteiger partial charge in [-0.15, -0.1) is 0 Å². The molecule has 4 N–H and O–H groups in total. The average Bonchev–Trinajstić information content (AvgIpc) is 3.39. The van der Waals surface area contributed by atoms with E-state index in [4.69, 9.17) is 27.9 Å². The third kappa shape index (κ3) is 15.8. The molecule has 0 radical (unpaired) electrons. The number of hydrogen-bond donors (Lipinski definition) is 4. The molecule has 2 unspecified atom stereocenters. The van der Waals surface area contributed by atoms with E-state index in [9.17, 15) is 42.0 Å². The lowest BCUT2D eigenvalue weighted by atomic mass is 10.0. The molecule has 0 aromatic heterocycles. The molecule has 3 rings (SSSR count). The summed E-state index contributed by atoms with van der Waals surface area (Å²) in [7, 11) is 2.61. The van der Waals surface area contributed by atoms with Crippen molar-refractivity contribution in [3.05, 3.63) is 69.1 Å². The topological polar surface area (TPSA) is 224 Å². The Morgan fingerprint density at radius 3 is 1.92 bits per heavy atom. The first-order chi connectivity index (χ1) is 30.0. The molecule has 2 aromatic rings. The molecule has 18 nitrogen and oxygen atoms in total. The van der Waals surface area contributed by atoms with Crippen molar-refractivity contribution in [1.82, 2.24) is 30.1 Å². The van der Waals surface area contributed by atoms with Crippen molar-refractivity contribution in [2.75, 3.05) is 64.6 Å². The monoisotopic (exact) mass is 950 g/mol. The summed E-state index contributed by atoms with van der Waals surface area (Å²) in [6.07, 6.45) is 1.18. The van der Waals surface area contributed by atoms with Gasteiger partial charge in [0.25, 0.3) is 15.9 Å². The van der Waals surface area contributed by atoms with Crippen LogP contribution in [0.1, 0.15) is 64.5 Å². The highest BCUT2D eigenvalue weighted by atomic mass is 35.5. The molecule has 2 atom stereocenters. The number of likely N-dealkylation sites (N-methyl/N-ethyl adjacent to an activating group) is 2. The molecule has 0 saturated carbocycles. The number of carbonyl (C=O) groups is 7. The highest BCUT2D eigenvalue weighted by Gasteiger charge is 2.42. The van der Waals surface area contributed by atoms with Crippen LogP contribution in [0.15, 0.2) is 57.9 Å². The Hall–Kier alpha value is -5.24. The van der Waals surface area contributed by atoms with E-state index < -0.39 is 61.2 Å². The lowest BCUT2D eigenvalue weighted by Crippen LogP contribution is -2.51. The molecule has 1 aliphatic rings. The van der Waals surface area contributed by atoms with Crippen molar-refractivity contribution >= 4 is 86.1 Å². The minimum Gasteiger partial charge on any atom is -0.444 e. The molecule has 0 aliphatic carbocycles. The second kappa shape index (κ2) is 24.7. The van der Waals surface area contributed by atoms with Gasteiger partial charge in [-0.2, -0.15) is 8.42 Å². The summed E-state index contributed by atoms with van der Waals surface area (Å²) < 4.78 is 29.8. The zero-order valence-electron chi connectivity index (χ0n) is 37.5. The van der Waals surface area contributed by atoms with Crippen LogP contribution in [-0.2, 0) is 56.6 Å². The van der Waals surface area contributed by atoms with Gasteiger partial charge < -0.3 is 30.9 Å². The molecule has 0 bridgehead atoms. The summed E-state index contributed by atoms with van der Waals surface area (Å²) in [6.45, 7) is 7.48. The quantitative estimate of drug-likeness (QED) is 0.118. The van der Waals surface area contributed by atoms with E-state index >= 15 is 0 Å². The van der Waals surface area contributed by atoms with Crippen LogP contribution in [0.3, 0.4) is 0 Å². The van der Waals surface area contributed by atoms with Crippen LogP contribution in [-0.4, -0.2) is 131 Å². The number of ether oxygens (including phenoxy) is 1. The van der Waals surface area contributed by atoms with E-state index in [-0.39, 0.29) is 62.7 Å². The molecule has 0 saturated heterocycles. The number of nitrogens with one attached hydrogen (secondary N) is 4. The number of halogens is 2. The molecule has 0 spiro atoms. The number of unbranched alkanes of at least 4 members (excludes halogenated alkanes) is 2. The Bertz CT molecular complexity index is 2130. The van der Waals surface area contributed by atoms with Gasteiger partial charge in [0.1, 0.15) is 23.7 Å². The highest BCUT2D eigenvalue weighted by molar-refractivity contribution is 7.95. The fraction of sp³-hybridized carbons (Fsp3) is 0.512. The van der Waals surface area contributed by atoms with Gasteiger partial charge in [0, 0.05) is 52.0 Å². The van der Waals surface area contributed by atoms with E-state index in [1.54, 1.807) is 71.4 Å². The lowest BCUT2D eigenvalue weighted by Gasteiger charge is -2.26. The summed E-state index contributed by atoms with van der Waals surface area (Å²) in [4.78, 5) is 92.9. The molecular weight excluding hydrogens is 891 g/mol. The first kappa shape index (κ1) is 53.1. The van der Waals surface area contributed by atoms with E-state index in [1.807, 2.05) is 37.9 Å². The fourth-order valence-corrected chi connectivity index (χ4v) is 8.25. The number of nitrogens with zero attached hydrogens (tertiary/aromatic N) is 4. The number of carbonyl (C=O) groups excluding carboxylic acids is 7. The lowest BCUT2D eigenvalue weighted by molar-refractivity contribution is -0.135. The van der Waals surface area contributed by atoms with Gasteiger partial charge in [0.15, 0.2) is 4.36 Å². The molecule has 352 valence electrons. The zero-order chi connectivity index (χ0) is 47.9. The third-order valence-corrected chi connectivity index (χ3v) is 13.1. The van der Waals surface area contributed by atoms with Gasteiger partial charge in [0.2, 0.25) is 29.5 Å². The smallest absolute Gasteiger partial charge is 0.414 e. The number of benzene rings is 2. The minimum absolute atomic E-state index is 0.0265. The van der Waals surface area contributed by atoms with Crippen molar-refractivity contribution in [1.29, 1.82) is 0 Å². The summed E-state index contributed by atoms with van der Waals surface area (Å²) in [5, 5.41) is 10.2. The molecule has 2 aromatic carbocycles. The highest BCUT2D eigenvalue weighted by Crippen LogP contribution is 2.33. The fourth-order valence-electron chi connectivity index (χ4n) is 6.29. The maximum atomic E-state index is 12.9. The van der Waals surface area contributed by atoms with Gasteiger partial charge in [-0.05, 0) is 73.5 Å². The zero-order valence-corrected chi connectivity index (χ0v) is 39.9. The number of anilines is 2. The minimum atomic E-state index is -4.14. The number of amides is 7. The maximum absolute atomic E-state index is 12.9. The SMILES string of the molecule is CC(C)C(NC(=O)CCCCCN1C(=O)C(Cl)=C(Cl)S1(=O)=O)C(=O)NCC(=O)Nc1ccc(COC(=O)N(C)c2ccc(CCN(C)CC(=O)NC(C(=O)N(C)C)C(C)C)cc2)cc1. The van der Waals surface area contributed by atoms with Crippen LogP contribution >= 0.6 is 23.2 Å². The van der Waals surface area contributed by atoms with Crippen LogP contribution in [0.25, 0.3) is 0 Å². The predicted molar refractivity (Wildman–Crippen MR) is 244 cm³/mol. The number of hydrogen-bond acceptors (Lipinski definition) is 11. The summed E-state index contributed by atoms with van der Waals surface area (Å²) in [5.41, 5.74) is 2.75. The van der Waals surface area contributed by atoms with Gasteiger partial charge >= 0.3 is 6.09 Å². The molecule has 1 heterocycles. The van der Waals surface area contributed by atoms with Gasteiger partial charge in [0.05, 0.1) is 13.1 Å². The Labute approximate surface area is 385 Å². The number of sulfonamides is 1. The summed E-state index contributed by atoms with van der Waals surface area (Å²) >= 11 is 11.3. The van der Waals surface area contributed by atoms with Crippen molar-refractivity contribution in [2.24, 2.45) is 11.8 Å². The van der Waals surface area contributed by atoms with Crippen LogP contribution in [0.2, 0.25) is 0 Å². The van der Waals surface area contributed by atoms with Crippen molar-refractivity contribution in [3.63, 3.8) is 0 Å². The van der Waals surface area contributed by atoms with Crippen LogP contribution in [0.4, 0.5) is 16.2 Å². The van der Waals surface area contributed by atoms with Gasteiger partial charge in [-0.3, -0.25) is 38.6 Å². The first-order valence-corrected chi connectivity index (χ1v) is 23.0. The van der Waals surface area contributed by atoms with E-state index in [0.717, 1.165) is 5.56 Å². The Balaban J connectivity index is 1.36. The van der Waals surface area contributed by atoms with Crippen molar-refractivity contribution < 1.29 is 46.7 Å². The van der Waals surface area contributed by atoms with Crippen molar-refractivity contribution in [2.45, 2.75) is 78.5 Å². The first-order valence-electron chi connectivity index (χ1n) is 20.8. The predicted octanol–water partition coefficient (Wildman–Crippen LogP) is 3.74. The average molecular weight is 952 g/mol. The van der Waals surface area contributed by atoms with Crippen LogP contribution in [0.5, 0.6) is 0 Å². The normalized spacial score (nSPS) is 14.3. The molecule has 1 aliphatic heterocycles. The third-order valence-electron chi connectivity index (χ3n) is 10.1. The number of rotatable bonds is 23. The Morgan fingerprint density at radius 1 is 0.766 bits per heavy atom. The summed E-state index contributed by atoms with van der Waals surface area (Å²) in [6, 6.07) is 12.5. The second-order valence-electron chi connectivity index (χ2n) is 16.3. The van der Waals surface area contributed by atoms with Gasteiger partial charge in [-0.25, -0.2) is 9.10 Å². The maximum Gasteiger partial charge on any atom is 0.414 e. The molecule has 64 heavy (non-hydrogen) atoms. The van der Waals surface area contributed by atoms with E-state index in [2.05, 4.69) is 21.3 Å². The Kier molecular flexibility index (Phi) is 20.5. The van der Waals surface area contributed by atoms with Crippen LogP contribution in [0, 0.1) is 11.8 Å². The molecule has 21 heteroatoms. The molecule has 7 amide bonds. The van der Waals surface area contributed by atoms with E-state index in [1.165, 1.54) is 9.80 Å². The largest absolute Gasteiger partial charge is 0.444 e. The van der Waals surface area contributed by atoms with E-state index in [0.29, 0.717) is 47.1 Å². The van der Waals surface area contributed by atoms with Crippen molar-refractivity contribution in [3.8, 4) is 0 Å². The summed E-state index contributed by atoms with van der Waals surface area (Å²) in [5.74, 6) is -3.07.